The molecule has 1 aromatic carbocycles. The Balaban J connectivity index is 1.38. The van der Waals surface area contributed by atoms with Crippen molar-refractivity contribution in [3.63, 3.8) is 0 Å². The van der Waals surface area contributed by atoms with Crippen LogP contribution in [-0.2, 0) is 17.8 Å². The molecule has 0 unspecified atom stereocenters. The molecule has 4 rings (SSSR count). The third kappa shape index (κ3) is 5.28. The molecule has 0 saturated carbocycles. The van der Waals surface area contributed by atoms with Gasteiger partial charge < -0.3 is 19.5 Å². The second kappa shape index (κ2) is 9.74. The summed E-state index contributed by atoms with van der Waals surface area (Å²) >= 11 is 0. The molecule has 32 heavy (non-hydrogen) atoms. The van der Waals surface area contributed by atoms with Crippen LogP contribution in [0.15, 0.2) is 76.2 Å². The molecule has 0 aliphatic carbocycles. The molecule has 0 saturated heterocycles. The molecule has 0 aliphatic heterocycles. The van der Waals surface area contributed by atoms with Crippen molar-refractivity contribution in [3.05, 3.63) is 90.0 Å². The van der Waals surface area contributed by atoms with Crippen LogP contribution in [-0.4, -0.2) is 21.8 Å². The molecule has 0 spiro atoms. The van der Waals surface area contributed by atoms with Gasteiger partial charge in [-0.2, -0.15) is 0 Å². The zero-order valence-corrected chi connectivity index (χ0v) is 17.5. The third-order valence-corrected chi connectivity index (χ3v) is 4.85. The average Bonchev–Trinajstić information content (AvgIpc) is 3.47. The van der Waals surface area contributed by atoms with Crippen molar-refractivity contribution in [2.24, 2.45) is 0 Å². The number of anilines is 1. The van der Waals surface area contributed by atoms with Gasteiger partial charge in [-0.15, -0.1) is 0 Å². The SMILES string of the molecule is Cc1oc(-c2cccc(NC(=O)CCc3cccnc3)c2)nc1CNC(=O)c1ccoc1. The van der Waals surface area contributed by atoms with Gasteiger partial charge in [0.15, 0.2) is 0 Å². The smallest absolute Gasteiger partial charge is 0.254 e. The van der Waals surface area contributed by atoms with Gasteiger partial charge in [0.05, 0.1) is 18.4 Å². The van der Waals surface area contributed by atoms with E-state index in [2.05, 4.69) is 20.6 Å². The van der Waals surface area contributed by atoms with E-state index >= 15 is 0 Å². The summed E-state index contributed by atoms with van der Waals surface area (Å²) < 4.78 is 10.7. The number of aromatic nitrogens is 2. The highest BCUT2D eigenvalue weighted by Crippen LogP contribution is 2.24. The summed E-state index contributed by atoms with van der Waals surface area (Å²) in [5, 5.41) is 5.69. The Morgan fingerprint density at radius 1 is 1.12 bits per heavy atom. The highest BCUT2D eigenvalue weighted by atomic mass is 16.4. The van der Waals surface area contributed by atoms with Gasteiger partial charge in [-0.05, 0) is 49.2 Å². The second-order valence-electron chi connectivity index (χ2n) is 7.21. The summed E-state index contributed by atoms with van der Waals surface area (Å²) in [5.74, 6) is 0.691. The van der Waals surface area contributed by atoms with E-state index < -0.39 is 0 Å². The number of oxazole rings is 1. The standard InChI is InChI=1S/C24H22N4O4/c1-16-21(14-26-23(30)19-9-11-31-15-19)28-24(32-16)18-5-2-6-20(12-18)27-22(29)8-7-17-4-3-10-25-13-17/h2-6,9-13,15H,7-8,14H2,1H3,(H,26,30)(H,27,29). The summed E-state index contributed by atoms with van der Waals surface area (Å²) in [4.78, 5) is 33.0. The van der Waals surface area contributed by atoms with Gasteiger partial charge in [0, 0.05) is 30.1 Å². The van der Waals surface area contributed by atoms with Gasteiger partial charge in [-0.3, -0.25) is 14.6 Å². The zero-order chi connectivity index (χ0) is 22.3. The van der Waals surface area contributed by atoms with Crippen LogP contribution in [0.1, 0.15) is 33.8 Å². The van der Waals surface area contributed by atoms with Gasteiger partial charge in [-0.1, -0.05) is 12.1 Å². The maximum absolute atomic E-state index is 12.3. The maximum atomic E-state index is 12.3. The molecule has 0 aliphatic rings. The number of carbonyl (C=O) groups is 2. The molecule has 162 valence electrons. The third-order valence-electron chi connectivity index (χ3n) is 4.85. The molecule has 0 bridgehead atoms. The lowest BCUT2D eigenvalue weighted by molar-refractivity contribution is -0.116. The van der Waals surface area contributed by atoms with E-state index in [9.17, 15) is 9.59 Å². The molecule has 4 aromatic rings. The summed E-state index contributed by atoms with van der Waals surface area (Å²) in [7, 11) is 0. The van der Waals surface area contributed by atoms with Crippen molar-refractivity contribution >= 4 is 17.5 Å². The van der Waals surface area contributed by atoms with E-state index in [1.807, 2.05) is 30.3 Å². The Morgan fingerprint density at radius 3 is 2.81 bits per heavy atom. The number of nitrogens with zero attached hydrogens (tertiary/aromatic N) is 2. The number of aryl methyl sites for hydroxylation is 2. The highest BCUT2D eigenvalue weighted by molar-refractivity contribution is 5.93. The number of rotatable bonds is 8. The average molecular weight is 430 g/mol. The van der Waals surface area contributed by atoms with E-state index in [0.29, 0.717) is 41.4 Å². The Bertz CT molecular complexity index is 1200. The molecule has 2 amide bonds. The summed E-state index contributed by atoms with van der Waals surface area (Å²) in [5.41, 5.74) is 3.47. The van der Waals surface area contributed by atoms with Crippen molar-refractivity contribution in [1.29, 1.82) is 0 Å². The van der Waals surface area contributed by atoms with Gasteiger partial charge in [-0.25, -0.2) is 4.98 Å². The van der Waals surface area contributed by atoms with Gasteiger partial charge in [0.2, 0.25) is 11.8 Å². The monoisotopic (exact) mass is 430 g/mol. The van der Waals surface area contributed by atoms with Crippen LogP contribution >= 0.6 is 0 Å². The first-order chi connectivity index (χ1) is 15.6. The molecule has 8 heteroatoms. The lowest BCUT2D eigenvalue weighted by Gasteiger charge is -2.06. The molecule has 0 atom stereocenters. The van der Waals surface area contributed by atoms with Crippen LogP contribution in [0.2, 0.25) is 0 Å². The molecule has 0 fully saturated rings. The second-order valence-corrected chi connectivity index (χ2v) is 7.21. The van der Waals surface area contributed by atoms with E-state index in [0.717, 1.165) is 11.1 Å². The first-order valence-corrected chi connectivity index (χ1v) is 10.1. The summed E-state index contributed by atoms with van der Waals surface area (Å²) in [6.07, 6.45) is 7.26. The fourth-order valence-corrected chi connectivity index (χ4v) is 3.13. The quantitative estimate of drug-likeness (QED) is 0.435. The van der Waals surface area contributed by atoms with Crippen molar-refractivity contribution < 1.29 is 18.4 Å². The molecule has 0 radical (unpaired) electrons. The molecule has 8 nitrogen and oxygen atoms in total. The zero-order valence-electron chi connectivity index (χ0n) is 17.5. The minimum atomic E-state index is -0.251. The largest absolute Gasteiger partial charge is 0.472 e. The van der Waals surface area contributed by atoms with Gasteiger partial charge in [0.25, 0.3) is 5.91 Å². The Labute approximate surface area is 184 Å². The van der Waals surface area contributed by atoms with Crippen LogP contribution in [0, 0.1) is 6.92 Å². The number of hydrogen-bond donors (Lipinski definition) is 2. The number of pyridine rings is 1. The number of hydrogen-bond acceptors (Lipinski definition) is 6. The summed E-state index contributed by atoms with van der Waals surface area (Å²) in [6, 6.07) is 12.7. The number of benzene rings is 1. The fraction of sp³-hybridized carbons (Fsp3) is 0.167. The Kier molecular flexibility index (Phi) is 6.41. The molecular formula is C24H22N4O4. The minimum Gasteiger partial charge on any atom is -0.472 e. The molecule has 3 aromatic heterocycles. The normalized spacial score (nSPS) is 10.7. The number of amides is 2. The maximum Gasteiger partial charge on any atom is 0.254 e. The van der Waals surface area contributed by atoms with Crippen molar-refractivity contribution in [2.75, 3.05) is 5.32 Å². The minimum absolute atomic E-state index is 0.0859. The van der Waals surface area contributed by atoms with E-state index in [1.165, 1.54) is 12.5 Å². The van der Waals surface area contributed by atoms with Gasteiger partial charge in [0.1, 0.15) is 17.7 Å². The first-order valence-electron chi connectivity index (χ1n) is 10.1. The number of furan rings is 1. The summed E-state index contributed by atoms with van der Waals surface area (Å²) in [6.45, 7) is 2.02. The fourth-order valence-electron chi connectivity index (χ4n) is 3.13. The number of carbonyl (C=O) groups excluding carboxylic acids is 2. The van der Waals surface area contributed by atoms with Crippen molar-refractivity contribution in [2.45, 2.75) is 26.3 Å². The van der Waals surface area contributed by atoms with Crippen molar-refractivity contribution in [3.8, 4) is 11.5 Å². The first kappa shape index (κ1) is 21.0. The van der Waals surface area contributed by atoms with Crippen molar-refractivity contribution in [1.82, 2.24) is 15.3 Å². The Hall–Kier alpha value is -4.20. The van der Waals surface area contributed by atoms with Crippen LogP contribution in [0.3, 0.4) is 0 Å². The van der Waals surface area contributed by atoms with Crippen LogP contribution < -0.4 is 10.6 Å². The van der Waals surface area contributed by atoms with Gasteiger partial charge >= 0.3 is 0 Å². The molecule has 2 N–H and O–H groups in total. The van der Waals surface area contributed by atoms with E-state index in [1.54, 1.807) is 31.5 Å². The van der Waals surface area contributed by atoms with Crippen LogP contribution in [0.4, 0.5) is 5.69 Å². The predicted octanol–water partition coefficient (Wildman–Crippen LogP) is 4.14. The van der Waals surface area contributed by atoms with E-state index in [4.69, 9.17) is 8.83 Å². The van der Waals surface area contributed by atoms with E-state index in [-0.39, 0.29) is 18.4 Å². The molecule has 3 heterocycles. The number of nitrogens with one attached hydrogen (secondary N) is 2. The lowest BCUT2D eigenvalue weighted by atomic mass is 10.1. The van der Waals surface area contributed by atoms with Crippen LogP contribution in [0.5, 0.6) is 0 Å². The predicted molar refractivity (Wildman–Crippen MR) is 118 cm³/mol. The Morgan fingerprint density at radius 2 is 2.03 bits per heavy atom. The highest BCUT2D eigenvalue weighted by Gasteiger charge is 2.14. The molecular weight excluding hydrogens is 408 g/mol. The van der Waals surface area contributed by atoms with Crippen LogP contribution in [0.25, 0.3) is 11.5 Å². The lowest BCUT2D eigenvalue weighted by Crippen LogP contribution is -2.22. The topological polar surface area (TPSA) is 110 Å².